The van der Waals surface area contributed by atoms with Gasteiger partial charge in [-0.05, 0) is 24.1 Å². The third-order valence-electron chi connectivity index (χ3n) is 3.68. The van der Waals surface area contributed by atoms with Gasteiger partial charge in [-0.15, -0.1) is 0 Å². The number of hydrogen-bond acceptors (Lipinski definition) is 4. The van der Waals surface area contributed by atoms with Gasteiger partial charge in [0.15, 0.2) is 0 Å². The van der Waals surface area contributed by atoms with E-state index < -0.39 is 0 Å². The minimum absolute atomic E-state index is 0.182. The van der Waals surface area contributed by atoms with E-state index in [1.807, 2.05) is 23.1 Å². The molecule has 0 spiro atoms. The van der Waals surface area contributed by atoms with Gasteiger partial charge in [0.25, 0.3) is 0 Å². The molecule has 0 saturated carbocycles. The topological polar surface area (TPSA) is 54.2 Å². The molecule has 19 heavy (non-hydrogen) atoms. The lowest BCUT2D eigenvalue weighted by molar-refractivity contribution is 0.107. The molecular formula is C14H18N4O. The second-order valence-corrected chi connectivity index (χ2v) is 4.94. The molecular weight excluding hydrogens is 240 g/mol. The molecule has 0 fully saturated rings. The standard InChI is InChI=1S/C14H18N4O/c19-11-14-4-7-18-13(3-6-16-18)10-17(14)9-12-2-1-5-15-8-12/h1-3,5-6,8,14,19H,4,7,9-11H2. The highest BCUT2D eigenvalue weighted by molar-refractivity contribution is 5.10. The Balaban J connectivity index is 1.81. The first-order chi connectivity index (χ1) is 9.36. The van der Waals surface area contributed by atoms with Crippen molar-refractivity contribution in [2.45, 2.75) is 32.1 Å². The molecule has 2 aromatic rings. The molecule has 5 nitrogen and oxygen atoms in total. The van der Waals surface area contributed by atoms with Crippen molar-refractivity contribution in [2.24, 2.45) is 0 Å². The normalized spacial score (nSPS) is 19.9. The van der Waals surface area contributed by atoms with E-state index in [4.69, 9.17) is 0 Å². The van der Waals surface area contributed by atoms with Gasteiger partial charge in [-0.3, -0.25) is 14.6 Å². The SMILES string of the molecule is OCC1CCn2nccc2CN1Cc1cccnc1. The van der Waals surface area contributed by atoms with E-state index in [2.05, 4.69) is 27.1 Å². The average Bonchev–Trinajstić information content (AvgIpc) is 2.81. The minimum Gasteiger partial charge on any atom is -0.395 e. The maximum absolute atomic E-state index is 9.59. The molecule has 3 heterocycles. The van der Waals surface area contributed by atoms with Gasteiger partial charge in [0.1, 0.15) is 0 Å². The number of pyridine rings is 1. The van der Waals surface area contributed by atoms with Gasteiger partial charge < -0.3 is 5.11 Å². The summed E-state index contributed by atoms with van der Waals surface area (Å²) in [6.45, 7) is 2.69. The Morgan fingerprint density at radius 1 is 1.32 bits per heavy atom. The van der Waals surface area contributed by atoms with Crippen molar-refractivity contribution in [1.29, 1.82) is 0 Å². The van der Waals surface area contributed by atoms with Crippen molar-refractivity contribution < 1.29 is 5.11 Å². The summed E-state index contributed by atoms with van der Waals surface area (Å²) in [6, 6.07) is 6.26. The molecule has 0 aliphatic carbocycles. The minimum atomic E-state index is 0.182. The van der Waals surface area contributed by atoms with Gasteiger partial charge >= 0.3 is 0 Å². The summed E-state index contributed by atoms with van der Waals surface area (Å²) in [6.07, 6.45) is 6.43. The van der Waals surface area contributed by atoms with E-state index in [-0.39, 0.29) is 12.6 Å². The van der Waals surface area contributed by atoms with Crippen LogP contribution in [0, 0.1) is 0 Å². The van der Waals surface area contributed by atoms with Crippen molar-refractivity contribution in [2.75, 3.05) is 6.61 Å². The molecule has 0 saturated heterocycles. The molecule has 1 N–H and O–H groups in total. The third kappa shape index (κ3) is 2.67. The Morgan fingerprint density at radius 3 is 3.05 bits per heavy atom. The smallest absolute Gasteiger partial charge is 0.0587 e. The summed E-state index contributed by atoms with van der Waals surface area (Å²) in [5.41, 5.74) is 2.38. The summed E-state index contributed by atoms with van der Waals surface area (Å²) in [4.78, 5) is 6.46. The molecule has 1 aliphatic heterocycles. The van der Waals surface area contributed by atoms with E-state index in [0.29, 0.717) is 0 Å². The highest BCUT2D eigenvalue weighted by Crippen LogP contribution is 2.19. The van der Waals surface area contributed by atoms with Crippen LogP contribution in [-0.4, -0.2) is 37.4 Å². The monoisotopic (exact) mass is 258 g/mol. The molecule has 100 valence electrons. The lowest BCUT2D eigenvalue weighted by Crippen LogP contribution is -2.36. The summed E-state index contributed by atoms with van der Waals surface area (Å²) in [7, 11) is 0. The van der Waals surface area contributed by atoms with Crippen LogP contribution < -0.4 is 0 Å². The molecule has 1 atom stereocenters. The van der Waals surface area contributed by atoms with Gasteiger partial charge in [-0.1, -0.05) is 6.07 Å². The Kier molecular flexibility index (Phi) is 3.57. The van der Waals surface area contributed by atoms with Crippen LogP contribution in [0.5, 0.6) is 0 Å². The number of nitrogens with zero attached hydrogens (tertiary/aromatic N) is 4. The van der Waals surface area contributed by atoms with Crippen LogP contribution >= 0.6 is 0 Å². The molecule has 1 aliphatic rings. The van der Waals surface area contributed by atoms with Crippen LogP contribution in [-0.2, 0) is 19.6 Å². The molecule has 0 bridgehead atoms. The van der Waals surface area contributed by atoms with Crippen LogP contribution in [0.3, 0.4) is 0 Å². The van der Waals surface area contributed by atoms with Crippen LogP contribution in [0.1, 0.15) is 17.7 Å². The molecule has 3 rings (SSSR count). The number of aliphatic hydroxyl groups is 1. The zero-order valence-corrected chi connectivity index (χ0v) is 10.8. The molecule has 2 aromatic heterocycles. The van der Waals surface area contributed by atoms with E-state index in [1.54, 1.807) is 6.20 Å². The Labute approximate surface area is 112 Å². The summed E-state index contributed by atoms with van der Waals surface area (Å²) in [5.74, 6) is 0. The Morgan fingerprint density at radius 2 is 2.26 bits per heavy atom. The van der Waals surface area contributed by atoms with Crippen LogP contribution in [0.4, 0.5) is 0 Å². The first-order valence-corrected chi connectivity index (χ1v) is 6.61. The maximum atomic E-state index is 9.59. The fourth-order valence-electron chi connectivity index (χ4n) is 2.60. The summed E-state index contributed by atoms with van der Waals surface area (Å²) < 4.78 is 2.03. The molecule has 5 heteroatoms. The van der Waals surface area contributed by atoms with E-state index in [0.717, 1.165) is 26.1 Å². The lowest BCUT2D eigenvalue weighted by atomic mass is 10.1. The number of hydrogen-bond donors (Lipinski definition) is 1. The van der Waals surface area contributed by atoms with Crippen LogP contribution in [0.25, 0.3) is 0 Å². The predicted octanol–water partition coefficient (Wildman–Crippen LogP) is 1.04. The van der Waals surface area contributed by atoms with Crippen molar-refractivity contribution in [3.8, 4) is 0 Å². The largest absolute Gasteiger partial charge is 0.395 e. The zero-order chi connectivity index (χ0) is 13.1. The highest BCUT2D eigenvalue weighted by Gasteiger charge is 2.23. The number of aryl methyl sites for hydroxylation is 1. The van der Waals surface area contributed by atoms with Gasteiger partial charge in [0.05, 0.1) is 12.3 Å². The molecule has 0 aromatic carbocycles. The second-order valence-electron chi connectivity index (χ2n) is 4.94. The van der Waals surface area contributed by atoms with Gasteiger partial charge in [-0.2, -0.15) is 5.10 Å². The molecule has 0 radical (unpaired) electrons. The lowest BCUT2D eigenvalue weighted by Gasteiger charge is -2.27. The number of aliphatic hydroxyl groups excluding tert-OH is 1. The number of fused-ring (bicyclic) bond motifs is 1. The Hall–Kier alpha value is -1.72. The second kappa shape index (κ2) is 5.50. The van der Waals surface area contributed by atoms with Gasteiger partial charge in [0, 0.05) is 44.3 Å². The van der Waals surface area contributed by atoms with E-state index >= 15 is 0 Å². The van der Waals surface area contributed by atoms with Gasteiger partial charge in [-0.25, -0.2) is 0 Å². The van der Waals surface area contributed by atoms with Crippen LogP contribution in [0.2, 0.25) is 0 Å². The quantitative estimate of drug-likeness (QED) is 0.894. The molecule has 0 amide bonds. The first-order valence-electron chi connectivity index (χ1n) is 6.61. The number of aromatic nitrogens is 3. The average molecular weight is 258 g/mol. The van der Waals surface area contributed by atoms with Crippen molar-refractivity contribution in [3.05, 3.63) is 48.0 Å². The third-order valence-corrected chi connectivity index (χ3v) is 3.68. The van der Waals surface area contributed by atoms with Crippen LogP contribution in [0.15, 0.2) is 36.8 Å². The van der Waals surface area contributed by atoms with E-state index in [9.17, 15) is 5.11 Å². The van der Waals surface area contributed by atoms with Crippen molar-refractivity contribution in [1.82, 2.24) is 19.7 Å². The Bertz CT molecular complexity index is 525. The summed E-state index contributed by atoms with van der Waals surface area (Å²) >= 11 is 0. The predicted molar refractivity (Wildman–Crippen MR) is 71.2 cm³/mol. The van der Waals surface area contributed by atoms with Crippen molar-refractivity contribution >= 4 is 0 Å². The fraction of sp³-hybridized carbons (Fsp3) is 0.429. The zero-order valence-electron chi connectivity index (χ0n) is 10.8. The molecule has 1 unspecified atom stereocenters. The maximum Gasteiger partial charge on any atom is 0.0587 e. The van der Waals surface area contributed by atoms with Crippen molar-refractivity contribution in [3.63, 3.8) is 0 Å². The summed E-state index contributed by atoms with van der Waals surface area (Å²) in [5, 5.41) is 13.9. The van der Waals surface area contributed by atoms with E-state index in [1.165, 1.54) is 11.3 Å². The number of rotatable bonds is 3. The highest BCUT2D eigenvalue weighted by atomic mass is 16.3. The fourth-order valence-corrected chi connectivity index (χ4v) is 2.60. The van der Waals surface area contributed by atoms with Gasteiger partial charge in [0.2, 0.25) is 0 Å². The first kappa shape index (κ1) is 12.3.